The minimum absolute atomic E-state index is 0.209. The van der Waals surface area contributed by atoms with Crippen molar-refractivity contribution in [3.8, 4) is 0 Å². The molecule has 1 aromatic carbocycles. The molecule has 1 aromatic rings. The lowest BCUT2D eigenvalue weighted by atomic mass is 10.2. The second-order valence-electron chi connectivity index (χ2n) is 7.87. The van der Waals surface area contributed by atoms with Gasteiger partial charge in [-0.3, -0.25) is 4.57 Å². The SMILES string of the molecule is C=C(C)C(=O)OCCCCCOP(=O)(Cc1ccccc1)OCCCCCOC(=O)C(=C)C. The average Bonchev–Trinajstić information content (AvgIpc) is 2.78. The summed E-state index contributed by atoms with van der Waals surface area (Å²) in [6, 6.07) is 9.46. The topological polar surface area (TPSA) is 88.1 Å². The predicted molar refractivity (Wildman–Crippen MR) is 129 cm³/mol. The molecule has 33 heavy (non-hydrogen) atoms. The van der Waals surface area contributed by atoms with Gasteiger partial charge in [-0.1, -0.05) is 43.5 Å². The quantitative estimate of drug-likeness (QED) is 0.110. The molecule has 0 saturated carbocycles. The third-order valence-electron chi connectivity index (χ3n) is 4.54. The van der Waals surface area contributed by atoms with E-state index < -0.39 is 7.60 Å². The van der Waals surface area contributed by atoms with Gasteiger partial charge in [-0.2, -0.15) is 0 Å². The Morgan fingerprint density at radius 1 is 0.727 bits per heavy atom. The summed E-state index contributed by atoms with van der Waals surface area (Å²) in [7, 11) is -3.30. The van der Waals surface area contributed by atoms with E-state index in [2.05, 4.69) is 13.2 Å². The first kappa shape index (κ1) is 28.8. The van der Waals surface area contributed by atoms with Crippen LogP contribution in [0.25, 0.3) is 0 Å². The first-order chi connectivity index (χ1) is 15.7. The molecule has 0 aromatic heterocycles. The lowest BCUT2D eigenvalue weighted by Crippen LogP contribution is -2.07. The molecule has 0 unspecified atom stereocenters. The van der Waals surface area contributed by atoms with E-state index in [1.54, 1.807) is 13.8 Å². The molecule has 8 heteroatoms. The number of rotatable bonds is 18. The maximum absolute atomic E-state index is 13.3. The Morgan fingerprint density at radius 3 is 1.58 bits per heavy atom. The van der Waals surface area contributed by atoms with Crippen molar-refractivity contribution in [3.63, 3.8) is 0 Å². The van der Waals surface area contributed by atoms with Crippen LogP contribution in [0.5, 0.6) is 0 Å². The molecule has 0 saturated heterocycles. The second kappa shape index (κ2) is 16.4. The number of unbranched alkanes of at least 4 members (excludes halogenated alkanes) is 4. The molecule has 0 spiro atoms. The van der Waals surface area contributed by atoms with Gasteiger partial charge in [-0.05, 0) is 57.9 Å². The fourth-order valence-electron chi connectivity index (χ4n) is 2.68. The highest BCUT2D eigenvalue weighted by Crippen LogP contribution is 2.51. The Hall–Kier alpha value is -2.21. The minimum atomic E-state index is -3.30. The van der Waals surface area contributed by atoms with Crippen LogP contribution in [0.3, 0.4) is 0 Å². The lowest BCUT2D eigenvalue weighted by Gasteiger charge is -2.19. The van der Waals surface area contributed by atoms with E-state index in [9.17, 15) is 14.2 Å². The van der Waals surface area contributed by atoms with Crippen molar-refractivity contribution in [1.82, 2.24) is 0 Å². The summed E-state index contributed by atoms with van der Waals surface area (Å²) in [4.78, 5) is 22.7. The van der Waals surface area contributed by atoms with Gasteiger partial charge in [-0.15, -0.1) is 0 Å². The number of hydrogen-bond donors (Lipinski definition) is 0. The zero-order chi connectivity index (χ0) is 24.5. The van der Waals surface area contributed by atoms with Crippen molar-refractivity contribution in [1.29, 1.82) is 0 Å². The van der Waals surface area contributed by atoms with Crippen LogP contribution < -0.4 is 0 Å². The van der Waals surface area contributed by atoms with Gasteiger partial charge in [0.05, 0.1) is 32.6 Å². The number of hydrogen-bond acceptors (Lipinski definition) is 7. The average molecular weight is 481 g/mol. The summed E-state index contributed by atoms with van der Waals surface area (Å²) in [6.45, 7) is 11.6. The van der Waals surface area contributed by atoms with E-state index in [0.717, 1.165) is 18.4 Å². The number of carbonyl (C=O) groups excluding carboxylic acids is 2. The number of benzene rings is 1. The van der Waals surface area contributed by atoms with Crippen LogP contribution >= 0.6 is 7.60 Å². The Bertz CT molecular complexity index is 760. The molecule has 0 heterocycles. The molecule has 0 bridgehead atoms. The van der Waals surface area contributed by atoms with Gasteiger partial charge in [0, 0.05) is 11.1 Å². The molecule has 0 aliphatic rings. The molecule has 0 aliphatic heterocycles. The molecule has 184 valence electrons. The van der Waals surface area contributed by atoms with E-state index >= 15 is 0 Å². The van der Waals surface area contributed by atoms with Crippen molar-refractivity contribution in [2.45, 2.75) is 58.5 Å². The largest absolute Gasteiger partial charge is 0.462 e. The molecule has 0 amide bonds. The fraction of sp³-hybridized carbons (Fsp3) is 0.520. The highest BCUT2D eigenvalue weighted by Gasteiger charge is 2.25. The maximum Gasteiger partial charge on any atom is 0.335 e. The third-order valence-corrected chi connectivity index (χ3v) is 6.44. The summed E-state index contributed by atoms with van der Waals surface area (Å²) >= 11 is 0. The van der Waals surface area contributed by atoms with Gasteiger partial charge >= 0.3 is 19.5 Å². The minimum Gasteiger partial charge on any atom is -0.462 e. The van der Waals surface area contributed by atoms with E-state index in [1.165, 1.54) is 0 Å². The normalized spacial score (nSPS) is 11.1. The third kappa shape index (κ3) is 13.8. The van der Waals surface area contributed by atoms with Gasteiger partial charge in [0.1, 0.15) is 0 Å². The summed E-state index contributed by atoms with van der Waals surface area (Å²) < 4.78 is 34.8. The first-order valence-electron chi connectivity index (χ1n) is 11.3. The summed E-state index contributed by atoms with van der Waals surface area (Å²) in [6.07, 6.45) is 4.52. The summed E-state index contributed by atoms with van der Waals surface area (Å²) in [5.74, 6) is -0.776. The molecule has 0 N–H and O–H groups in total. The zero-order valence-corrected chi connectivity index (χ0v) is 20.8. The molecule has 1 rings (SSSR count). The number of ether oxygens (including phenoxy) is 2. The van der Waals surface area contributed by atoms with Crippen molar-refractivity contribution in [2.24, 2.45) is 0 Å². The van der Waals surface area contributed by atoms with Gasteiger partial charge in [-0.25, -0.2) is 9.59 Å². The van der Waals surface area contributed by atoms with Crippen LogP contribution in [0, 0.1) is 0 Å². The van der Waals surface area contributed by atoms with Crippen LogP contribution in [-0.2, 0) is 38.8 Å². The Kier molecular flexibility index (Phi) is 14.3. The van der Waals surface area contributed by atoms with Crippen LogP contribution in [-0.4, -0.2) is 38.4 Å². The summed E-state index contributed by atoms with van der Waals surface area (Å²) in [5.41, 5.74) is 1.65. The zero-order valence-electron chi connectivity index (χ0n) is 19.9. The Labute approximate surface area is 197 Å². The van der Waals surface area contributed by atoms with Crippen molar-refractivity contribution in [2.75, 3.05) is 26.4 Å². The van der Waals surface area contributed by atoms with Gasteiger partial charge in [0.25, 0.3) is 0 Å². The molecule has 7 nitrogen and oxygen atoms in total. The van der Waals surface area contributed by atoms with E-state index in [-0.39, 0.29) is 18.1 Å². The Balaban J connectivity index is 2.36. The fourth-order valence-corrected chi connectivity index (χ4v) is 4.41. The highest BCUT2D eigenvalue weighted by molar-refractivity contribution is 7.53. The second-order valence-corrected chi connectivity index (χ2v) is 9.93. The van der Waals surface area contributed by atoms with Crippen LogP contribution in [0.2, 0.25) is 0 Å². The molecular formula is C25H37O7P. The van der Waals surface area contributed by atoms with E-state index in [4.69, 9.17) is 18.5 Å². The lowest BCUT2D eigenvalue weighted by molar-refractivity contribution is -0.139. The van der Waals surface area contributed by atoms with Crippen LogP contribution in [0.15, 0.2) is 54.6 Å². The summed E-state index contributed by atoms with van der Waals surface area (Å²) in [5, 5.41) is 0. The van der Waals surface area contributed by atoms with Gasteiger partial charge in [0.2, 0.25) is 0 Å². The molecule has 0 aliphatic carbocycles. The molecule has 0 fully saturated rings. The number of carbonyl (C=O) groups is 2. The van der Waals surface area contributed by atoms with Crippen molar-refractivity contribution < 1.29 is 32.7 Å². The molecule has 0 atom stereocenters. The first-order valence-corrected chi connectivity index (χ1v) is 13.0. The predicted octanol–water partition coefficient (Wildman–Crippen LogP) is 5.99. The van der Waals surface area contributed by atoms with Crippen LogP contribution in [0.1, 0.15) is 57.9 Å². The van der Waals surface area contributed by atoms with Gasteiger partial charge in [0.15, 0.2) is 0 Å². The van der Waals surface area contributed by atoms with Gasteiger partial charge < -0.3 is 18.5 Å². The monoisotopic (exact) mass is 480 g/mol. The van der Waals surface area contributed by atoms with E-state index in [1.807, 2.05) is 30.3 Å². The van der Waals surface area contributed by atoms with E-state index in [0.29, 0.717) is 63.3 Å². The standard InChI is InChI=1S/C25H37O7P/c1-21(2)24(26)29-16-10-6-12-18-31-33(28,20-23-14-8-5-9-15-23)32-19-13-7-11-17-30-25(27)22(3)4/h5,8-9,14-15H,1,3,6-7,10-13,16-20H2,2,4H3. The van der Waals surface area contributed by atoms with Crippen molar-refractivity contribution >= 4 is 19.5 Å². The van der Waals surface area contributed by atoms with Crippen molar-refractivity contribution in [3.05, 3.63) is 60.2 Å². The Morgan fingerprint density at radius 2 is 1.15 bits per heavy atom. The number of esters is 2. The smallest absolute Gasteiger partial charge is 0.335 e. The van der Waals surface area contributed by atoms with Crippen LogP contribution in [0.4, 0.5) is 0 Å². The maximum atomic E-state index is 13.3. The molecular weight excluding hydrogens is 443 g/mol. The highest BCUT2D eigenvalue weighted by atomic mass is 31.2. The molecule has 0 radical (unpaired) electrons.